The van der Waals surface area contributed by atoms with Gasteiger partial charge in [-0.1, -0.05) is 5.16 Å². The quantitative estimate of drug-likeness (QED) is 0.786. The summed E-state index contributed by atoms with van der Waals surface area (Å²) in [5.74, 6) is 0.909. The average molecular weight is 306 g/mol. The van der Waals surface area contributed by atoms with Crippen LogP contribution in [0.1, 0.15) is 17.3 Å². The lowest BCUT2D eigenvalue weighted by Gasteiger charge is -2.05. The van der Waals surface area contributed by atoms with E-state index in [-0.39, 0.29) is 17.2 Å². The average Bonchev–Trinajstić information content (AvgIpc) is 2.89. The van der Waals surface area contributed by atoms with E-state index in [1.165, 1.54) is 24.3 Å². The maximum absolute atomic E-state index is 12.1. The fourth-order valence-corrected chi connectivity index (χ4v) is 2.87. The van der Waals surface area contributed by atoms with Crippen molar-refractivity contribution >= 4 is 9.84 Å². The summed E-state index contributed by atoms with van der Waals surface area (Å²) in [7, 11) is -3.37. The Hall–Kier alpha value is -2.24. The van der Waals surface area contributed by atoms with Gasteiger partial charge in [0.1, 0.15) is 0 Å². The molecule has 0 aliphatic carbocycles. The summed E-state index contributed by atoms with van der Waals surface area (Å²) in [5.41, 5.74) is 0.429. The number of aryl methyl sites for hydroxylation is 1. The molecule has 1 N–H and O–H groups in total. The highest BCUT2D eigenvalue weighted by atomic mass is 32.2. The zero-order valence-electron chi connectivity index (χ0n) is 11.4. The number of nitrogens with one attached hydrogen (secondary N) is 1. The van der Waals surface area contributed by atoms with E-state index in [0.717, 1.165) is 0 Å². The third-order valence-electron chi connectivity index (χ3n) is 2.74. The summed E-state index contributed by atoms with van der Waals surface area (Å²) in [6.45, 7) is 2.30. The van der Waals surface area contributed by atoms with Gasteiger partial charge in [-0.3, -0.25) is 0 Å². The molecule has 2 aromatic rings. The van der Waals surface area contributed by atoms with Crippen molar-refractivity contribution in [3.8, 4) is 6.07 Å². The van der Waals surface area contributed by atoms with Crippen LogP contribution >= 0.6 is 0 Å². The minimum Gasteiger partial charge on any atom is -0.338 e. The third-order valence-corrected chi connectivity index (χ3v) is 4.47. The first-order valence-corrected chi connectivity index (χ1v) is 7.89. The van der Waals surface area contributed by atoms with E-state index in [1.807, 2.05) is 6.07 Å². The Kier molecular flexibility index (Phi) is 4.67. The summed E-state index contributed by atoms with van der Waals surface area (Å²) in [6, 6.07) is 7.80. The van der Waals surface area contributed by atoms with Gasteiger partial charge in [-0.15, -0.1) is 0 Å². The van der Waals surface area contributed by atoms with Gasteiger partial charge in [0.2, 0.25) is 5.89 Å². The minimum absolute atomic E-state index is 0.0496. The highest BCUT2D eigenvalue weighted by Crippen LogP contribution is 2.11. The van der Waals surface area contributed by atoms with Crippen molar-refractivity contribution in [3.05, 3.63) is 41.5 Å². The summed E-state index contributed by atoms with van der Waals surface area (Å²) in [6.07, 6.45) is 0. The van der Waals surface area contributed by atoms with Crippen LogP contribution in [0.2, 0.25) is 0 Å². The van der Waals surface area contributed by atoms with Crippen LogP contribution < -0.4 is 5.32 Å². The number of rotatable bonds is 6. The van der Waals surface area contributed by atoms with Crippen molar-refractivity contribution in [2.75, 3.05) is 12.3 Å². The molecule has 8 heteroatoms. The minimum atomic E-state index is -3.37. The molecule has 0 radical (unpaired) electrons. The Labute approximate surface area is 122 Å². The summed E-state index contributed by atoms with van der Waals surface area (Å²) in [5, 5.41) is 15.3. The molecular weight excluding hydrogens is 292 g/mol. The van der Waals surface area contributed by atoms with E-state index in [1.54, 1.807) is 6.92 Å². The Bertz CT molecular complexity index is 744. The molecule has 0 atom stereocenters. The van der Waals surface area contributed by atoms with E-state index in [9.17, 15) is 8.42 Å². The first-order valence-electron chi connectivity index (χ1n) is 6.24. The Morgan fingerprint density at radius 1 is 1.33 bits per heavy atom. The topological polar surface area (TPSA) is 109 Å². The summed E-state index contributed by atoms with van der Waals surface area (Å²) >= 11 is 0. The zero-order valence-corrected chi connectivity index (χ0v) is 12.2. The maximum atomic E-state index is 12.1. The van der Waals surface area contributed by atoms with Crippen molar-refractivity contribution in [1.29, 1.82) is 5.26 Å². The number of nitrogens with zero attached hydrogens (tertiary/aromatic N) is 3. The molecule has 1 aromatic heterocycles. The van der Waals surface area contributed by atoms with E-state index >= 15 is 0 Å². The van der Waals surface area contributed by atoms with Crippen LogP contribution in [0.15, 0.2) is 33.7 Å². The number of hydrogen-bond acceptors (Lipinski definition) is 7. The Morgan fingerprint density at radius 2 is 2.05 bits per heavy atom. The van der Waals surface area contributed by atoms with Crippen molar-refractivity contribution in [2.24, 2.45) is 0 Å². The van der Waals surface area contributed by atoms with Crippen molar-refractivity contribution < 1.29 is 12.9 Å². The van der Waals surface area contributed by atoms with Gasteiger partial charge in [-0.05, 0) is 31.2 Å². The van der Waals surface area contributed by atoms with E-state index in [4.69, 9.17) is 9.78 Å². The lowest BCUT2D eigenvalue weighted by molar-refractivity contribution is 0.365. The molecule has 1 aromatic carbocycles. The first kappa shape index (κ1) is 15.2. The fourth-order valence-electron chi connectivity index (χ4n) is 1.67. The van der Waals surface area contributed by atoms with Gasteiger partial charge in [0, 0.05) is 6.54 Å². The molecule has 1 heterocycles. The van der Waals surface area contributed by atoms with E-state index in [0.29, 0.717) is 23.8 Å². The highest BCUT2D eigenvalue weighted by molar-refractivity contribution is 7.91. The number of nitriles is 1. The molecule has 2 rings (SSSR count). The van der Waals surface area contributed by atoms with Crippen LogP contribution in [-0.4, -0.2) is 30.9 Å². The molecule has 0 bridgehead atoms. The van der Waals surface area contributed by atoms with Crippen LogP contribution in [0.4, 0.5) is 0 Å². The smallest absolute Gasteiger partial charge is 0.240 e. The zero-order chi connectivity index (χ0) is 15.3. The molecule has 0 aliphatic rings. The number of hydrogen-bond donors (Lipinski definition) is 1. The molecule has 7 nitrogen and oxygen atoms in total. The molecule has 0 saturated heterocycles. The monoisotopic (exact) mass is 306 g/mol. The predicted octanol–water partition coefficient (Wildman–Crippen LogP) is 0.813. The third kappa shape index (κ3) is 4.11. The maximum Gasteiger partial charge on any atom is 0.240 e. The molecule has 110 valence electrons. The van der Waals surface area contributed by atoms with Crippen LogP contribution in [0.25, 0.3) is 0 Å². The Morgan fingerprint density at radius 3 is 2.62 bits per heavy atom. The van der Waals surface area contributed by atoms with Gasteiger partial charge in [0.25, 0.3) is 0 Å². The van der Waals surface area contributed by atoms with Crippen molar-refractivity contribution in [1.82, 2.24) is 15.5 Å². The molecule has 0 saturated carbocycles. The van der Waals surface area contributed by atoms with Gasteiger partial charge >= 0.3 is 0 Å². The second-order valence-electron chi connectivity index (χ2n) is 4.37. The SMILES string of the molecule is Cc1noc(CNCCS(=O)(=O)c2ccc(C#N)cc2)n1. The molecule has 0 unspecified atom stereocenters. The van der Waals surface area contributed by atoms with Crippen LogP contribution in [0, 0.1) is 18.3 Å². The second kappa shape index (κ2) is 6.47. The molecule has 0 aliphatic heterocycles. The van der Waals surface area contributed by atoms with E-state index in [2.05, 4.69) is 15.5 Å². The lowest BCUT2D eigenvalue weighted by atomic mass is 10.2. The fraction of sp³-hybridized carbons (Fsp3) is 0.308. The molecule has 0 amide bonds. The van der Waals surface area contributed by atoms with E-state index < -0.39 is 9.84 Å². The molecule has 0 fully saturated rings. The number of sulfone groups is 1. The van der Waals surface area contributed by atoms with Gasteiger partial charge in [0.05, 0.1) is 28.8 Å². The normalized spacial score (nSPS) is 11.2. The van der Waals surface area contributed by atoms with Crippen molar-refractivity contribution in [3.63, 3.8) is 0 Å². The van der Waals surface area contributed by atoms with Gasteiger partial charge in [0.15, 0.2) is 15.7 Å². The van der Waals surface area contributed by atoms with Crippen LogP contribution in [0.5, 0.6) is 0 Å². The van der Waals surface area contributed by atoms with Gasteiger partial charge in [-0.25, -0.2) is 8.42 Å². The standard InChI is InChI=1S/C13H14N4O3S/c1-10-16-13(20-17-10)9-15-6-7-21(18,19)12-4-2-11(8-14)3-5-12/h2-5,15H,6-7,9H2,1H3. The lowest BCUT2D eigenvalue weighted by Crippen LogP contribution is -2.23. The number of aromatic nitrogens is 2. The van der Waals surface area contributed by atoms with Gasteiger partial charge < -0.3 is 9.84 Å². The molecule has 21 heavy (non-hydrogen) atoms. The molecule has 0 spiro atoms. The first-order chi connectivity index (χ1) is 10.0. The van der Waals surface area contributed by atoms with Gasteiger partial charge in [-0.2, -0.15) is 10.2 Å². The second-order valence-corrected chi connectivity index (χ2v) is 6.48. The van der Waals surface area contributed by atoms with Crippen LogP contribution in [0.3, 0.4) is 0 Å². The summed E-state index contributed by atoms with van der Waals surface area (Å²) in [4.78, 5) is 4.21. The summed E-state index contributed by atoms with van der Waals surface area (Å²) < 4.78 is 29.0. The highest BCUT2D eigenvalue weighted by Gasteiger charge is 2.14. The van der Waals surface area contributed by atoms with Crippen LogP contribution in [-0.2, 0) is 16.4 Å². The number of benzene rings is 1. The van der Waals surface area contributed by atoms with Crippen molar-refractivity contribution in [2.45, 2.75) is 18.4 Å². The predicted molar refractivity (Wildman–Crippen MR) is 74.0 cm³/mol. The molecular formula is C13H14N4O3S. The Balaban J connectivity index is 1.87. The largest absolute Gasteiger partial charge is 0.338 e.